The summed E-state index contributed by atoms with van der Waals surface area (Å²) in [4.78, 5) is 12.2. The molecule has 3 aromatic rings. The second kappa shape index (κ2) is 9.29. The molecule has 3 heterocycles. The summed E-state index contributed by atoms with van der Waals surface area (Å²) in [7, 11) is -2.86. The minimum absolute atomic E-state index is 0.0606. The van der Waals surface area contributed by atoms with Gasteiger partial charge in [-0.15, -0.1) is 11.3 Å². The van der Waals surface area contributed by atoms with Gasteiger partial charge in [-0.3, -0.25) is 0 Å². The van der Waals surface area contributed by atoms with E-state index < -0.39 is 9.84 Å². The lowest BCUT2D eigenvalue weighted by molar-refractivity contribution is 0.565. The van der Waals surface area contributed by atoms with Crippen LogP contribution < -0.4 is 10.6 Å². The summed E-state index contributed by atoms with van der Waals surface area (Å²) in [6, 6.07) is 10.2. The first-order valence-corrected chi connectivity index (χ1v) is 13.9. The number of benzene rings is 1. The molecular weight excluding hydrogens is 440 g/mol. The van der Waals surface area contributed by atoms with Crippen LogP contribution in [0.5, 0.6) is 0 Å². The molecule has 1 aliphatic carbocycles. The van der Waals surface area contributed by atoms with E-state index in [1.165, 1.54) is 28.7 Å². The van der Waals surface area contributed by atoms with Gasteiger partial charge in [-0.2, -0.15) is 0 Å². The summed E-state index contributed by atoms with van der Waals surface area (Å²) in [5, 5.41) is 8.06. The third-order valence-electron chi connectivity index (χ3n) is 6.14. The van der Waals surface area contributed by atoms with E-state index in [0.29, 0.717) is 31.1 Å². The van der Waals surface area contributed by atoms with Gasteiger partial charge in [0, 0.05) is 24.0 Å². The highest BCUT2D eigenvalue weighted by atomic mass is 32.2. The molecule has 1 aromatic carbocycles. The first-order chi connectivity index (χ1) is 15.6. The second-order valence-electron chi connectivity index (χ2n) is 8.55. The lowest BCUT2D eigenvalue weighted by Crippen LogP contribution is -2.33. The van der Waals surface area contributed by atoms with Crippen molar-refractivity contribution in [2.24, 2.45) is 0 Å². The van der Waals surface area contributed by atoms with Crippen molar-refractivity contribution in [3.05, 3.63) is 52.2 Å². The van der Waals surface area contributed by atoms with Crippen molar-refractivity contribution < 1.29 is 8.42 Å². The zero-order valence-corrected chi connectivity index (χ0v) is 19.6. The van der Waals surface area contributed by atoms with Crippen LogP contribution >= 0.6 is 11.3 Å². The maximum absolute atomic E-state index is 11.7. The van der Waals surface area contributed by atoms with Gasteiger partial charge in [0.2, 0.25) is 0 Å². The Balaban J connectivity index is 1.36. The molecule has 1 fully saturated rings. The van der Waals surface area contributed by atoms with Gasteiger partial charge in [-0.05, 0) is 49.3 Å². The van der Waals surface area contributed by atoms with Crippen molar-refractivity contribution in [1.29, 1.82) is 0 Å². The monoisotopic (exact) mass is 468 g/mol. The Bertz CT molecular complexity index is 1240. The van der Waals surface area contributed by atoms with Crippen molar-refractivity contribution in [3.8, 4) is 0 Å². The van der Waals surface area contributed by atoms with Gasteiger partial charge in [0.25, 0.3) is 0 Å². The molecule has 0 bridgehead atoms. The van der Waals surface area contributed by atoms with Gasteiger partial charge < -0.3 is 10.6 Å². The topological polar surface area (TPSA) is 84.0 Å². The van der Waals surface area contributed by atoms with Crippen LogP contribution in [0, 0.1) is 0 Å². The molecule has 1 atom stereocenters. The number of nitrogens with one attached hydrogen (secondary N) is 2. The lowest BCUT2D eigenvalue weighted by Gasteiger charge is -2.14. The number of hydrogen-bond donors (Lipinski definition) is 2. The average Bonchev–Trinajstić information content (AvgIpc) is 3.35. The number of aryl methyl sites for hydroxylation is 2. The Morgan fingerprint density at radius 3 is 2.72 bits per heavy atom. The summed E-state index contributed by atoms with van der Waals surface area (Å²) >= 11 is 1.80. The molecule has 0 spiro atoms. The van der Waals surface area contributed by atoms with Crippen LogP contribution in [0.25, 0.3) is 22.4 Å². The van der Waals surface area contributed by atoms with Gasteiger partial charge in [-0.25, -0.2) is 18.4 Å². The van der Waals surface area contributed by atoms with E-state index in [1.807, 2.05) is 30.4 Å². The summed E-state index contributed by atoms with van der Waals surface area (Å²) in [5.74, 6) is 2.14. The van der Waals surface area contributed by atoms with E-state index in [1.54, 1.807) is 11.3 Å². The maximum atomic E-state index is 11.7. The molecule has 2 aliphatic rings. The van der Waals surface area contributed by atoms with Crippen molar-refractivity contribution in [1.82, 2.24) is 15.3 Å². The third-order valence-corrected chi connectivity index (χ3v) is 9.09. The Morgan fingerprint density at radius 2 is 1.91 bits per heavy atom. The minimum Gasteiger partial charge on any atom is -0.368 e. The second-order valence-corrected chi connectivity index (χ2v) is 11.9. The van der Waals surface area contributed by atoms with Crippen LogP contribution in [0.3, 0.4) is 0 Å². The van der Waals surface area contributed by atoms with Crippen LogP contribution in [-0.4, -0.2) is 49.0 Å². The fraction of sp³-hybridized carbons (Fsp3) is 0.417. The third kappa shape index (κ3) is 4.87. The van der Waals surface area contributed by atoms with Gasteiger partial charge in [0.05, 0.1) is 16.9 Å². The van der Waals surface area contributed by atoms with Crippen LogP contribution in [0.1, 0.15) is 41.1 Å². The van der Waals surface area contributed by atoms with E-state index in [0.717, 1.165) is 29.1 Å². The molecule has 1 unspecified atom stereocenters. The highest BCUT2D eigenvalue weighted by Gasteiger charge is 2.27. The molecule has 8 heteroatoms. The normalized spacial score (nSPS) is 20.1. The highest BCUT2D eigenvalue weighted by molar-refractivity contribution is 7.91. The van der Waals surface area contributed by atoms with Crippen LogP contribution in [0.4, 0.5) is 5.82 Å². The Labute approximate surface area is 193 Å². The predicted octanol–water partition coefficient (Wildman–Crippen LogP) is 3.93. The number of nitrogens with zero attached hydrogens (tertiary/aromatic N) is 2. The molecule has 2 aromatic heterocycles. The van der Waals surface area contributed by atoms with Gasteiger partial charge >= 0.3 is 0 Å². The summed E-state index contributed by atoms with van der Waals surface area (Å²) in [5.41, 5.74) is 2.53. The largest absolute Gasteiger partial charge is 0.368 e. The number of thiophene rings is 1. The van der Waals surface area contributed by atoms with Crippen molar-refractivity contribution in [2.45, 2.75) is 38.1 Å². The number of aromatic nitrogens is 2. The number of hydrogen-bond acceptors (Lipinski definition) is 7. The molecule has 6 nitrogen and oxygen atoms in total. The van der Waals surface area contributed by atoms with Gasteiger partial charge in [0.1, 0.15) is 10.6 Å². The van der Waals surface area contributed by atoms with Gasteiger partial charge in [0.15, 0.2) is 15.7 Å². The van der Waals surface area contributed by atoms with E-state index in [9.17, 15) is 8.42 Å². The molecule has 32 heavy (non-hydrogen) atoms. The summed E-state index contributed by atoms with van der Waals surface area (Å²) in [6.07, 6.45) is 9.39. The average molecular weight is 469 g/mol. The molecule has 0 amide bonds. The van der Waals surface area contributed by atoms with Crippen molar-refractivity contribution in [3.63, 3.8) is 0 Å². The van der Waals surface area contributed by atoms with Crippen LogP contribution in [0.2, 0.25) is 0 Å². The van der Waals surface area contributed by atoms with Crippen LogP contribution in [0.15, 0.2) is 30.3 Å². The van der Waals surface area contributed by atoms with Crippen molar-refractivity contribution in [2.75, 3.05) is 29.9 Å². The van der Waals surface area contributed by atoms with E-state index in [-0.39, 0.29) is 11.8 Å². The Morgan fingerprint density at radius 1 is 1.06 bits per heavy atom. The van der Waals surface area contributed by atoms with Gasteiger partial charge in [-0.1, -0.05) is 36.4 Å². The van der Waals surface area contributed by atoms with Crippen LogP contribution in [-0.2, 0) is 22.7 Å². The molecule has 5 rings (SSSR count). The number of fused-ring (bicyclic) bond motifs is 3. The summed E-state index contributed by atoms with van der Waals surface area (Å²) < 4.78 is 23.3. The van der Waals surface area contributed by atoms with E-state index >= 15 is 0 Å². The molecule has 1 aliphatic heterocycles. The number of anilines is 1. The highest BCUT2D eigenvalue weighted by Crippen LogP contribution is 2.38. The van der Waals surface area contributed by atoms with E-state index in [4.69, 9.17) is 9.97 Å². The Kier molecular flexibility index (Phi) is 6.26. The molecule has 168 valence electrons. The molecule has 0 radical (unpaired) electrons. The standard InChI is InChI=1S/C24H28N4O2S2/c29-32(30)15-12-18(16-32)25-13-14-26-23-22-19-8-4-5-9-20(19)31-24(22)28-21(27-23)11-10-17-6-2-1-3-7-17/h1-3,6-7,10-11,18,25H,4-5,8-9,12-16H2,(H,26,27,28)/b11-10+. The first-order valence-electron chi connectivity index (χ1n) is 11.3. The lowest BCUT2D eigenvalue weighted by atomic mass is 9.97. The summed E-state index contributed by atoms with van der Waals surface area (Å²) in [6.45, 7) is 1.39. The zero-order valence-electron chi connectivity index (χ0n) is 18.0. The molecule has 0 saturated carbocycles. The fourth-order valence-electron chi connectivity index (χ4n) is 4.52. The number of rotatable bonds is 7. The molecule has 1 saturated heterocycles. The zero-order chi connectivity index (χ0) is 22.0. The van der Waals surface area contributed by atoms with Crippen molar-refractivity contribution >= 4 is 49.4 Å². The predicted molar refractivity (Wildman–Crippen MR) is 133 cm³/mol. The van der Waals surface area contributed by atoms with E-state index in [2.05, 4.69) is 22.8 Å². The fourth-order valence-corrected chi connectivity index (χ4v) is 7.50. The Hall–Kier alpha value is -2.29. The minimum atomic E-state index is -2.86. The molecular formula is C24H28N4O2S2. The SMILES string of the molecule is O=S1(=O)CCC(NCCNc2nc(/C=C/c3ccccc3)nc3sc4c(c23)CCCC4)C1. The molecule has 2 N–H and O–H groups in total. The maximum Gasteiger partial charge on any atom is 0.155 e. The number of sulfone groups is 1. The first kappa shape index (κ1) is 21.6. The smallest absolute Gasteiger partial charge is 0.155 e. The quantitative estimate of drug-likeness (QED) is 0.511.